The molecule has 1 atom stereocenters. The lowest BCUT2D eigenvalue weighted by molar-refractivity contribution is 0.252. The molecule has 1 aromatic carbocycles. The molecule has 16 heavy (non-hydrogen) atoms. The van der Waals surface area contributed by atoms with E-state index in [0.29, 0.717) is 6.04 Å². The average molecular weight is 220 g/mol. The van der Waals surface area contributed by atoms with Gasteiger partial charge in [0.2, 0.25) is 0 Å². The Morgan fingerprint density at radius 3 is 2.44 bits per heavy atom. The zero-order chi connectivity index (χ0) is 12.0. The molecular weight excluding hydrogens is 196 g/mol. The zero-order valence-corrected chi connectivity index (χ0v) is 10.7. The van der Waals surface area contributed by atoms with E-state index in [1.165, 1.54) is 24.9 Å². The smallest absolute Gasteiger partial charge is 0.0314 e. The number of unbranched alkanes of at least 4 members (excludes halogenated alkanes) is 1. The molecule has 90 valence electrons. The van der Waals surface area contributed by atoms with E-state index in [2.05, 4.69) is 37.9 Å². The predicted octanol–water partition coefficient (Wildman–Crippen LogP) is 2.93. The van der Waals surface area contributed by atoms with Crippen molar-refractivity contribution in [3.8, 4) is 0 Å². The molecule has 2 nitrogen and oxygen atoms in total. The number of benzene rings is 1. The van der Waals surface area contributed by atoms with E-state index in [0.717, 1.165) is 12.1 Å². The van der Waals surface area contributed by atoms with Crippen LogP contribution in [0.15, 0.2) is 24.3 Å². The minimum atomic E-state index is 0.593. The van der Waals surface area contributed by atoms with Gasteiger partial charge in [0.25, 0.3) is 0 Å². The van der Waals surface area contributed by atoms with Crippen LogP contribution in [-0.2, 0) is 6.42 Å². The van der Waals surface area contributed by atoms with E-state index in [1.807, 2.05) is 12.1 Å². The van der Waals surface area contributed by atoms with Crippen LogP contribution in [0.1, 0.15) is 32.3 Å². The van der Waals surface area contributed by atoms with Gasteiger partial charge in [-0.25, -0.2) is 0 Å². The van der Waals surface area contributed by atoms with Gasteiger partial charge >= 0.3 is 0 Å². The highest BCUT2D eigenvalue weighted by molar-refractivity contribution is 5.39. The second-order valence-electron chi connectivity index (χ2n) is 4.63. The van der Waals surface area contributed by atoms with Crippen molar-refractivity contribution >= 4 is 5.69 Å². The summed E-state index contributed by atoms with van der Waals surface area (Å²) in [6.45, 7) is 5.71. The molecule has 0 aliphatic rings. The van der Waals surface area contributed by atoms with Crippen LogP contribution in [0.4, 0.5) is 5.69 Å². The molecule has 1 aromatic rings. The summed E-state index contributed by atoms with van der Waals surface area (Å²) < 4.78 is 0. The SMILES string of the molecule is CCCCN(C)C(C)Cc1ccc(N)cc1. The maximum Gasteiger partial charge on any atom is 0.0314 e. The van der Waals surface area contributed by atoms with Crippen LogP contribution in [0.2, 0.25) is 0 Å². The van der Waals surface area contributed by atoms with Crippen LogP contribution in [0, 0.1) is 0 Å². The van der Waals surface area contributed by atoms with E-state index in [4.69, 9.17) is 5.73 Å². The molecule has 0 radical (unpaired) electrons. The molecule has 0 aliphatic carbocycles. The van der Waals surface area contributed by atoms with Crippen molar-refractivity contribution in [1.29, 1.82) is 0 Å². The highest BCUT2D eigenvalue weighted by Crippen LogP contribution is 2.10. The number of anilines is 1. The van der Waals surface area contributed by atoms with Gasteiger partial charge in [0.05, 0.1) is 0 Å². The fourth-order valence-electron chi connectivity index (χ4n) is 1.78. The number of likely N-dealkylation sites (N-methyl/N-ethyl adjacent to an activating group) is 1. The first-order valence-corrected chi connectivity index (χ1v) is 6.18. The Kier molecular flexibility index (Phi) is 5.33. The van der Waals surface area contributed by atoms with Crippen molar-refractivity contribution in [2.45, 2.75) is 39.2 Å². The van der Waals surface area contributed by atoms with Crippen LogP contribution < -0.4 is 5.73 Å². The lowest BCUT2D eigenvalue weighted by atomic mass is 10.1. The van der Waals surface area contributed by atoms with Crippen molar-refractivity contribution in [3.05, 3.63) is 29.8 Å². The van der Waals surface area contributed by atoms with E-state index in [1.54, 1.807) is 0 Å². The molecule has 2 heteroatoms. The van der Waals surface area contributed by atoms with Crippen molar-refractivity contribution < 1.29 is 0 Å². The van der Waals surface area contributed by atoms with Crippen molar-refractivity contribution in [3.63, 3.8) is 0 Å². The lowest BCUT2D eigenvalue weighted by Gasteiger charge is -2.24. The molecule has 0 heterocycles. The highest BCUT2D eigenvalue weighted by atomic mass is 15.1. The Balaban J connectivity index is 2.43. The molecule has 0 aliphatic heterocycles. The fraction of sp³-hybridized carbons (Fsp3) is 0.571. The number of hydrogen-bond acceptors (Lipinski definition) is 2. The summed E-state index contributed by atoms with van der Waals surface area (Å²) in [5, 5.41) is 0. The van der Waals surface area contributed by atoms with Gasteiger partial charge in [-0.15, -0.1) is 0 Å². The maximum atomic E-state index is 5.67. The minimum absolute atomic E-state index is 0.593. The van der Waals surface area contributed by atoms with Gasteiger partial charge in [-0.3, -0.25) is 0 Å². The Labute approximate surface area is 99.5 Å². The second-order valence-corrected chi connectivity index (χ2v) is 4.63. The topological polar surface area (TPSA) is 29.3 Å². The van der Waals surface area contributed by atoms with Gasteiger partial charge in [0, 0.05) is 11.7 Å². The second kappa shape index (κ2) is 6.54. The quantitative estimate of drug-likeness (QED) is 0.747. The highest BCUT2D eigenvalue weighted by Gasteiger charge is 2.08. The normalized spacial score (nSPS) is 13.0. The number of hydrogen-bond donors (Lipinski definition) is 1. The molecule has 0 spiro atoms. The third-order valence-corrected chi connectivity index (χ3v) is 3.13. The number of nitrogens with zero attached hydrogens (tertiary/aromatic N) is 1. The van der Waals surface area contributed by atoms with E-state index >= 15 is 0 Å². The third-order valence-electron chi connectivity index (χ3n) is 3.13. The van der Waals surface area contributed by atoms with Crippen LogP contribution in [-0.4, -0.2) is 24.5 Å². The molecule has 0 aromatic heterocycles. The average Bonchev–Trinajstić information content (AvgIpc) is 2.29. The molecule has 1 rings (SSSR count). The van der Waals surface area contributed by atoms with Gasteiger partial charge in [-0.2, -0.15) is 0 Å². The van der Waals surface area contributed by atoms with Gasteiger partial charge < -0.3 is 10.6 Å². The largest absolute Gasteiger partial charge is 0.399 e. The molecule has 2 N–H and O–H groups in total. The van der Waals surface area contributed by atoms with Gasteiger partial charge in [-0.05, 0) is 51.1 Å². The monoisotopic (exact) mass is 220 g/mol. The molecule has 0 fully saturated rings. The molecule has 0 amide bonds. The summed E-state index contributed by atoms with van der Waals surface area (Å²) in [5.74, 6) is 0. The first kappa shape index (κ1) is 13.0. The first-order chi connectivity index (χ1) is 7.63. The van der Waals surface area contributed by atoms with Crippen LogP contribution in [0.3, 0.4) is 0 Å². The van der Waals surface area contributed by atoms with Crippen molar-refractivity contribution in [1.82, 2.24) is 4.90 Å². The summed E-state index contributed by atoms with van der Waals surface area (Å²) >= 11 is 0. The van der Waals surface area contributed by atoms with Crippen LogP contribution in [0.25, 0.3) is 0 Å². The molecule has 1 unspecified atom stereocenters. The lowest BCUT2D eigenvalue weighted by Crippen LogP contribution is -2.31. The van der Waals surface area contributed by atoms with Gasteiger partial charge in [0.1, 0.15) is 0 Å². The van der Waals surface area contributed by atoms with E-state index < -0.39 is 0 Å². The molecule has 0 saturated heterocycles. The van der Waals surface area contributed by atoms with E-state index in [-0.39, 0.29) is 0 Å². The standard InChI is InChI=1S/C14H24N2/c1-4-5-10-16(3)12(2)11-13-6-8-14(15)9-7-13/h6-9,12H,4-5,10-11,15H2,1-3H3. The summed E-state index contributed by atoms with van der Waals surface area (Å²) in [5.41, 5.74) is 7.88. The number of nitrogen functional groups attached to an aromatic ring is 1. The van der Waals surface area contributed by atoms with Crippen LogP contribution >= 0.6 is 0 Å². The van der Waals surface area contributed by atoms with Gasteiger partial charge in [-0.1, -0.05) is 25.5 Å². The Morgan fingerprint density at radius 2 is 1.88 bits per heavy atom. The molecular formula is C14H24N2. The summed E-state index contributed by atoms with van der Waals surface area (Å²) in [6, 6.07) is 8.80. The molecule has 0 bridgehead atoms. The summed E-state index contributed by atoms with van der Waals surface area (Å²) in [7, 11) is 2.21. The van der Waals surface area contributed by atoms with Crippen molar-refractivity contribution in [2.24, 2.45) is 0 Å². The number of rotatable bonds is 6. The zero-order valence-electron chi connectivity index (χ0n) is 10.7. The first-order valence-electron chi connectivity index (χ1n) is 6.18. The number of nitrogens with two attached hydrogens (primary N) is 1. The summed E-state index contributed by atoms with van der Waals surface area (Å²) in [6.07, 6.45) is 3.64. The maximum absolute atomic E-state index is 5.67. The van der Waals surface area contributed by atoms with Crippen molar-refractivity contribution in [2.75, 3.05) is 19.3 Å². The van der Waals surface area contributed by atoms with Crippen LogP contribution in [0.5, 0.6) is 0 Å². The fourth-order valence-corrected chi connectivity index (χ4v) is 1.78. The summed E-state index contributed by atoms with van der Waals surface area (Å²) in [4.78, 5) is 2.43. The van der Waals surface area contributed by atoms with Gasteiger partial charge in [0.15, 0.2) is 0 Å². The molecule has 0 saturated carbocycles. The Bertz CT molecular complexity index is 292. The third kappa shape index (κ3) is 4.23. The Hall–Kier alpha value is -1.02. The van der Waals surface area contributed by atoms with E-state index in [9.17, 15) is 0 Å². The Morgan fingerprint density at radius 1 is 1.25 bits per heavy atom. The minimum Gasteiger partial charge on any atom is -0.399 e. The predicted molar refractivity (Wildman–Crippen MR) is 71.6 cm³/mol.